The number of aromatic nitrogens is 12. The van der Waals surface area contributed by atoms with Crippen molar-refractivity contribution in [2.75, 3.05) is 146 Å². The molecular weight excluding hydrogens is 2080 g/mol. The third-order valence-corrected chi connectivity index (χ3v) is 30.1. The topological polar surface area (TPSA) is 728 Å². The van der Waals surface area contributed by atoms with Crippen LogP contribution in [0.2, 0.25) is 0 Å². The summed E-state index contributed by atoms with van der Waals surface area (Å²) in [6.07, 6.45) is -32.1. The first-order valence-corrected chi connectivity index (χ1v) is 55.1. The number of nitrogens with zero attached hydrogens (tertiary/aromatic N) is 8. The number of aliphatic hydroxyl groups excluding tert-OH is 1. The maximum Gasteiger partial charge on any atom is 0.351 e. The molecule has 12 rings (SSSR count). The van der Waals surface area contributed by atoms with E-state index in [0.29, 0.717) is 5.56 Å². The Bertz CT molecular complexity index is 6290. The number of H-pyrrole nitrogens is 4. The van der Waals surface area contributed by atoms with E-state index in [4.69, 9.17) is 180 Å². The van der Waals surface area contributed by atoms with Crippen LogP contribution in [-0.4, -0.2) is 301 Å². The lowest BCUT2D eigenvalue weighted by atomic mass is 10.1. The lowest BCUT2D eigenvalue weighted by Crippen LogP contribution is -2.43. The Labute approximate surface area is 825 Å². The molecule has 0 bridgehead atoms. The smallest absolute Gasteiger partial charge is 0.351 e. The van der Waals surface area contributed by atoms with Gasteiger partial charge in [-0.05, 0) is 48.0 Å². The third-order valence-electron chi connectivity index (χ3n) is 22.9. The molecule has 6 aromatic rings. The summed E-state index contributed by atoms with van der Waals surface area (Å²) in [6.45, 7) is -18.7. The maximum atomic E-state index is 15.5. The first kappa shape index (κ1) is 114. The van der Waals surface area contributed by atoms with E-state index in [-0.39, 0.29) is 105 Å². The van der Waals surface area contributed by atoms with Crippen molar-refractivity contribution >= 4 is 94.1 Å². The lowest BCUT2D eigenvalue weighted by Gasteiger charge is -2.37. The zero-order valence-electron chi connectivity index (χ0n) is 78.0. The van der Waals surface area contributed by atoms with Crippen molar-refractivity contribution in [3.05, 3.63) is 175 Å². The summed E-state index contributed by atoms with van der Waals surface area (Å²) in [7, 11) is 0.298. The van der Waals surface area contributed by atoms with Crippen molar-refractivity contribution in [2.45, 2.75) is 202 Å². The highest BCUT2D eigenvalue weighted by Gasteiger charge is 2.56. The monoisotopic (exact) mass is 2190 g/mol. The Kier molecular flexibility index (Phi) is 40.1. The van der Waals surface area contributed by atoms with Gasteiger partial charge in [-0.25, -0.2) is 28.8 Å². The van der Waals surface area contributed by atoms with E-state index in [1.165, 1.54) is 80.9 Å². The normalized spacial score (nSPS) is 29.4. The molecule has 6 aromatic heterocycles. The minimum absolute atomic E-state index is 0.0112. The largest absolute Gasteiger partial charge is 0.780 e. The van der Waals surface area contributed by atoms with Crippen molar-refractivity contribution in [2.24, 2.45) is 0 Å². The van der Waals surface area contributed by atoms with Crippen LogP contribution >= 0.6 is 34.8 Å². The van der Waals surface area contributed by atoms with Gasteiger partial charge >= 0.3 is 34.1 Å². The number of ether oxygens (including phenoxy) is 16. The standard InChI is InChI=1S/C76H113N14O43P5S4/c1-13-42-43(24-49(123-42)85-25-36(2)60(77)79-71(85)96)129-135(104,139)120-34-47-53(58(116-22-17-111-11)69(127-47)89-29-40(6)64(94)83-75(89)100)133-137(106,141)121-33-46-51(56(114-20-15-109-9)67(126-46)88-28-39(5)63(93)82-74(88)99)130-134(102,103)118-32-45-52(57(115-21-16-110-10)68(125-45)86-26-37(3)61(78)80-72(86)97)131-138(107,142)122-35-48-54(59(117-23-18-112-12)70(128-48)90-30-41(7)65(95)84-76(90)101)132-136(105,140)119-31-44-50(91)55(113-19-14-108-8)66(124-44)87-27-38(4)62(92)81-73(87)98/h25-30,42-59,66-70,91H,13-24,31-35H2,1-12H3,(H,102,103)(H,104,139)(H,105,140)(H,106,141)(H,107,142)(H2,77,79,96)(H2,78,80,97)(H,81,92,98)(H,82,93,99)(H,83,94,100)(H,84,95,101)/p-5/t42-,43-,44-,45-,46-,47-,48-,49-,50+,51+,52+,53+,54+,55?,56?,57?,58?,59?,66-,67-,68-,69-,70-,135?,136?,137?,138?/m1/s1. The summed E-state index contributed by atoms with van der Waals surface area (Å²) in [5.41, 5.74) is 2.87. The molecule has 66 heteroatoms. The van der Waals surface area contributed by atoms with E-state index in [1.54, 1.807) is 13.8 Å². The zero-order chi connectivity index (χ0) is 104. The second-order valence-electron chi connectivity index (χ2n) is 32.8. The maximum absolute atomic E-state index is 15.5. The van der Waals surface area contributed by atoms with Crippen LogP contribution in [-0.2, 0) is 178 Å². The minimum Gasteiger partial charge on any atom is -0.780 e. The highest BCUT2D eigenvalue weighted by atomic mass is 32.7. The van der Waals surface area contributed by atoms with Crippen LogP contribution < -0.4 is 87.4 Å². The fourth-order valence-corrected chi connectivity index (χ4v) is 22.5. The van der Waals surface area contributed by atoms with Crippen LogP contribution in [0.4, 0.5) is 11.6 Å². The number of aryl methyl sites for hydroxylation is 6. The van der Waals surface area contributed by atoms with Gasteiger partial charge < -0.3 is 169 Å². The number of phosphoric acid groups is 1. The van der Waals surface area contributed by atoms with Gasteiger partial charge in [0.2, 0.25) is 0 Å². The van der Waals surface area contributed by atoms with Crippen LogP contribution in [0.25, 0.3) is 0 Å². The van der Waals surface area contributed by atoms with E-state index in [2.05, 4.69) is 29.9 Å². The molecular formula is C76H108N14O43P5S4-5. The molecule has 10 unspecified atom stereocenters. The molecule has 28 atom stereocenters. The van der Waals surface area contributed by atoms with Gasteiger partial charge in [0.05, 0.1) is 111 Å². The molecule has 0 radical (unpaired) electrons. The Morgan fingerprint density at radius 2 is 0.676 bits per heavy atom. The zero-order valence-corrected chi connectivity index (χ0v) is 85.7. The van der Waals surface area contributed by atoms with Gasteiger partial charge in [-0.1, -0.05) is 42.3 Å². The van der Waals surface area contributed by atoms with Gasteiger partial charge in [0.1, 0.15) is 130 Å². The summed E-state index contributed by atoms with van der Waals surface area (Å²) >= 11 is 22.2. The number of nitrogen functional groups attached to an aromatic ring is 2. The van der Waals surface area contributed by atoms with Crippen LogP contribution in [0.1, 0.15) is 90.5 Å². The van der Waals surface area contributed by atoms with Gasteiger partial charge in [-0.3, -0.25) is 75.6 Å². The number of hydrogen-bond acceptors (Lipinski definition) is 51. The second kappa shape index (κ2) is 49.8. The number of rotatable bonds is 52. The van der Waals surface area contributed by atoms with E-state index < -0.39 is 279 Å². The molecule has 6 aliphatic rings. The molecule has 794 valence electrons. The number of aliphatic hydroxyl groups is 1. The Morgan fingerprint density at radius 3 is 1.04 bits per heavy atom. The predicted octanol–water partition coefficient (Wildman–Crippen LogP) is -4.69. The molecule has 0 amide bonds. The van der Waals surface area contributed by atoms with Crippen LogP contribution in [0.5, 0.6) is 0 Å². The number of nitrogens with one attached hydrogen (secondary N) is 4. The van der Waals surface area contributed by atoms with Crippen molar-refractivity contribution < 1.29 is 155 Å². The van der Waals surface area contributed by atoms with Crippen LogP contribution in [0.3, 0.4) is 0 Å². The van der Waals surface area contributed by atoms with Gasteiger partial charge in [0.15, 0.2) is 37.9 Å². The third kappa shape index (κ3) is 28.4. The van der Waals surface area contributed by atoms with Crippen molar-refractivity contribution in [3.8, 4) is 0 Å². The second-order valence-corrected chi connectivity index (χ2v) is 45.0. The average molecular weight is 2190 g/mol. The molecule has 0 spiro atoms. The Balaban J connectivity index is 0.844. The fraction of sp³-hybridized carbons (Fsp3) is 0.684. The molecule has 0 aliphatic carbocycles. The van der Waals surface area contributed by atoms with Gasteiger partial charge in [-0.2, -0.15) is 9.97 Å². The minimum atomic E-state index is -6.22. The first-order valence-electron chi connectivity index (χ1n) is 43.5. The molecule has 6 fully saturated rings. The van der Waals surface area contributed by atoms with E-state index in [9.17, 15) is 62.8 Å². The summed E-state index contributed by atoms with van der Waals surface area (Å²) in [5, 5.41) is 11.7. The molecule has 57 nitrogen and oxygen atoms in total. The van der Waals surface area contributed by atoms with Crippen LogP contribution in [0.15, 0.2) is 85.1 Å². The SMILES string of the molecule is CC[C@H]1O[C@@H](n2cc(C)c(N)nc2=O)C[C@H]1OP([O-])(=S)OC[C@H]1O[C@@H](n2cc(C)c(=O)[nH]c2=O)C(OCCOC)[C@H]1OP([O-])(=S)OC[C@H]1O[C@@H](n2cc(C)c(=O)[nH]c2=O)C(OCCOC)[C@H]1OP(=O)([O-])OC[C@H]1O[C@@H](n2cc(C)c(N)nc2=O)C(OCCOC)[C@H]1OP(=O)([S-])OC[C@H]1O[C@@H](n2cc(C)c(=O)[nH]c2=O)C(OCCOC)[C@H]1OP([O-])(=S)OC[C@H]1O[C@@H](n2cc(C)c(=O)[nH]c2=O)C(OCCOC)[C@H]1O. The van der Waals surface area contributed by atoms with E-state index in [0.717, 1.165) is 53.8 Å². The molecule has 9 N–H and O–H groups in total. The average Bonchev–Trinajstić information content (AvgIpc) is 1.62. The van der Waals surface area contributed by atoms with Crippen molar-refractivity contribution in [1.29, 1.82) is 0 Å². The first-order chi connectivity index (χ1) is 67.1. The molecule has 142 heavy (non-hydrogen) atoms. The van der Waals surface area contributed by atoms with Crippen molar-refractivity contribution in [1.82, 2.24) is 57.3 Å². The molecule has 6 aliphatic heterocycles. The van der Waals surface area contributed by atoms with Gasteiger partial charge in [0, 0.05) is 113 Å². The van der Waals surface area contributed by atoms with E-state index >= 15 is 18.9 Å². The predicted molar refractivity (Wildman–Crippen MR) is 492 cm³/mol. The number of methoxy groups -OCH3 is 5. The molecule has 6 saturated heterocycles. The van der Waals surface area contributed by atoms with Gasteiger partial charge in [-0.15, -0.1) is 0 Å². The molecule has 0 saturated carbocycles. The summed E-state index contributed by atoms with van der Waals surface area (Å²) in [5.74, 6) is -0.293. The van der Waals surface area contributed by atoms with E-state index in [1.807, 2.05) is 0 Å². The Morgan fingerprint density at radius 1 is 0.387 bits per heavy atom. The number of aromatic amines is 4. The lowest BCUT2D eigenvalue weighted by molar-refractivity contribution is -0.238. The van der Waals surface area contributed by atoms with Gasteiger partial charge in [0.25, 0.3) is 30.1 Å². The molecule has 12 heterocycles. The Hall–Kier alpha value is -6.40. The number of nitrogens with two attached hydrogens (primary N) is 2. The summed E-state index contributed by atoms with van der Waals surface area (Å²) in [6, 6.07) is 0. The fourth-order valence-electron chi connectivity index (χ4n) is 15.8. The number of hydrogen-bond donors (Lipinski definition) is 7. The van der Waals surface area contributed by atoms with Crippen LogP contribution in [0, 0.1) is 41.5 Å². The summed E-state index contributed by atoms with van der Waals surface area (Å²) < 4.78 is 190. The highest BCUT2D eigenvalue weighted by molar-refractivity contribution is 8.32. The summed E-state index contributed by atoms with van der Waals surface area (Å²) in [4.78, 5) is 210. The number of anilines is 2. The highest BCUT2D eigenvalue weighted by Crippen LogP contribution is 2.56. The van der Waals surface area contributed by atoms with Crippen molar-refractivity contribution in [3.63, 3.8) is 0 Å². The number of phosphoric ester groups is 1. The molecule has 0 aromatic carbocycles. The quantitative estimate of drug-likeness (QED) is 0.0107.